The van der Waals surface area contributed by atoms with Crippen LogP contribution in [0.4, 0.5) is 9.52 Å². The van der Waals surface area contributed by atoms with Crippen molar-refractivity contribution >= 4 is 45.3 Å². The molecule has 0 aliphatic heterocycles. The first-order chi connectivity index (χ1) is 11.1. The van der Waals surface area contributed by atoms with Gasteiger partial charge in [0.15, 0.2) is 0 Å². The Hall–Kier alpha value is -1.80. The van der Waals surface area contributed by atoms with E-state index < -0.39 is 0 Å². The molecule has 3 rings (SSSR count). The molecule has 3 aromatic rings. The van der Waals surface area contributed by atoms with E-state index in [0.29, 0.717) is 16.3 Å². The average molecular weight is 437 g/mol. The first-order valence-corrected chi connectivity index (χ1v) is 8.85. The molecule has 0 atom stereocenters. The molecule has 23 heavy (non-hydrogen) atoms. The molecule has 0 aliphatic rings. The lowest BCUT2D eigenvalue weighted by molar-refractivity contribution is 0.617. The fourth-order valence-electron chi connectivity index (χ4n) is 1.97. The van der Waals surface area contributed by atoms with Crippen LogP contribution in [0.5, 0.6) is 0 Å². The highest BCUT2D eigenvalue weighted by atomic mass is 127. The molecule has 6 heteroatoms. The summed E-state index contributed by atoms with van der Waals surface area (Å²) < 4.78 is 14.6. The van der Waals surface area contributed by atoms with Crippen LogP contribution in [-0.2, 0) is 0 Å². The third-order valence-electron chi connectivity index (χ3n) is 3.25. The SMILES string of the molecule is Cc1c(F)cc(C=NNc2nc(-c3ccccc3)cs2)cc1I. The minimum atomic E-state index is -0.223. The maximum absolute atomic E-state index is 13.7. The van der Waals surface area contributed by atoms with Gasteiger partial charge in [-0.3, -0.25) is 5.43 Å². The summed E-state index contributed by atoms with van der Waals surface area (Å²) in [5.74, 6) is -0.223. The van der Waals surface area contributed by atoms with Crippen LogP contribution >= 0.6 is 33.9 Å². The number of thiazole rings is 1. The van der Waals surface area contributed by atoms with Crippen molar-refractivity contribution < 1.29 is 4.39 Å². The molecule has 0 saturated heterocycles. The summed E-state index contributed by atoms with van der Waals surface area (Å²) in [6.07, 6.45) is 1.59. The Labute approximate surface area is 151 Å². The van der Waals surface area contributed by atoms with E-state index in [1.165, 1.54) is 17.4 Å². The van der Waals surface area contributed by atoms with E-state index in [1.807, 2.05) is 41.8 Å². The summed E-state index contributed by atoms with van der Waals surface area (Å²) in [5, 5.41) is 6.80. The Balaban J connectivity index is 1.70. The average Bonchev–Trinajstić information content (AvgIpc) is 3.02. The van der Waals surface area contributed by atoms with Crippen molar-refractivity contribution in [3.63, 3.8) is 0 Å². The zero-order valence-electron chi connectivity index (χ0n) is 12.3. The van der Waals surface area contributed by atoms with E-state index in [9.17, 15) is 4.39 Å². The third kappa shape index (κ3) is 3.94. The molecule has 0 spiro atoms. The molecule has 0 saturated carbocycles. The molecule has 1 N–H and O–H groups in total. The quantitative estimate of drug-likeness (QED) is 0.341. The van der Waals surface area contributed by atoms with Gasteiger partial charge in [0.25, 0.3) is 0 Å². The van der Waals surface area contributed by atoms with Gasteiger partial charge >= 0.3 is 0 Å². The molecule has 0 radical (unpaired) electrons. The van der Waals surface area contributed by atoms with E-state index >= 15 is 0 Å². The number of rotatable bonds is 4. The number of nitrogens with one attached hydrogen (secondary N) is 1. The van der Waals surface area contributed by atoms with Gasteiger partial charge in [-0.05, 0) is 52.8 Å². The lowest BCUT2D eigenvalue weighted by Gasteiger charge is -2.01. The molecule has 116 valence electrons. The summed E-state index contributed by atoms with van der Waals surface area (Å²) in [5.41, 5.74) is 6.23. The highest BCUT2D eigenvalue weighted by molar-refractivity contribution is 14.1. The number of benzene rings is 2. The molecule has 0 amide bonds. The first-order valence-electron chi connectivity index (χ1n) is 6.89. The van der Waals surface area contributed by atoms with Gasteiger partial charge in [-0.25, -0.2) is 9.37 Å². The predicted molar refractivity (Wildman–Crippen MR) is 103 cm³/mol. The number of hydrazone groups is 1. The Morgan fingerprint density at radius 2 is 2.04 bits per heavy atom. The molecule has 0 fully saturated rings. The number of hydrogen-bond donors (Lipinski definition) is 1. The second kappa shape index (κ2) is 7.18. The zero-order valence-corrected chi connectivity index (χ0v) is 15.2. The first kappa shape index (κ1) is 16.1. The van der Waals surface area contributed by atoms with Gasteiger partial charge in [0.2, 0.25) is 5.13 Å². The van der Waals surface area contributed by atoms with Gasteiger partial charge < -0.3 is 0 Å². The van der Waals surface area contributed by atoms with Crippen LogP contribution < -0.4 is 5.43 Å². The number of halogens is 2. The van der Waals surface area contributed by atoms with Gasteiger partial charge in [-0.1, -0.05) is 30.3 Å². The molecule has 0 aliphatic carbocycles. The maximum atomic E-state index is 13.7. The molecular formula is C17H13FIN3S. The fourth-order valence-corrected chi connectivity index (χ4v) is 3.25. The van der Waals surface area contributed by atoms with Crippen molar-refractivity contribution in [1.82, 2.24) is 4.98 Å². The number of anilines is 1. The number of nitrogens with zero attached hydrogens (tertiary/aromatic N) is 2. The molecular weight excluding hydrogens is 424 g/mol. The van der Waals surface area contributed by atoms with Crippen molar-refractivity contribution in [2.75, 3.05) is 5.43 Å². The topological polar surface area (TPSA) is 37.3 Å². The minimum Gasteiger partial charge on any atom is -0.253 e. The molecule has 1 aromatic heterocycles. The highest BCUT2D eigenvalue weighted by Gasteiger charge is 2.04. The van der Waals surface area contributed by atoms with E-state index in [2.05, 4.69) is 38.1 Å². The Morgan fingerprint density at radius 1 is 1.26 bits per heavy atom. The Morgan fingerprint density at radius 3 is 2.78 bits per heavy atom. The van der Waals surface area contributed by atoms with Crippen molar-refractivity contribution in [3.8, 4) is 11.3 Å². The molecule has 3 nitrogen and oxygen atoms in total. The second-order valence-electron chi connectivity index (χ2n) is 4.88. The van der Waals surface area contributed by atoms with E-state index in [4.69, 9.17) is 0 Å². The van der Waals surface area contributed by atoms with E-state index in [-0.39, 0.29) is 5.82 Å². The summed E-state index contributed by atoms with van der Waals surface area (Å²) in [4.78, 5) is 4.48. The van der Waals surface area contributed by atoms with Crippen LogP contribution in [0.2, 0.25) is 0 Å². The summed E-state index contributed by atoms with van der Waals surface area (Å²) >= 11 is 3.59. The lowest BCUT2D eigenvalue weighted by Crippen LogP contribution is -1.94. The fraction of sp³-hybridized carbons (Fsp3) is 0.0588. The van der Waals surface area contributed by atoms with Gasteiger partial charge in [-0.2, -0.15) is 5.10 Å². The van der Waals surface area contributed by atoms with Crippen LogP contribution in [0, 0.1) is 16.3 Å². The van der Waals surface area contributed by atoms with E-state index in [0.717, 1.165) is 14.8 Å². The van der Waals surface area contributed by atoms with Crippen LogP contribution in [-0.4, -0.2) is 11.2 Å². The van der Waals surface area contributed by atoms with Crippen LogP contribution in [0.1, 0.15) is 11.1 Å². The highest BCUT2D eigenvalue weighted by Crippen LogP contribution is 2.24. The maximum Gasteiger partial charge on any atom is 0.203 e. The third-order valence-corrected chi connectivity index (χ3v) is 5.12. The van der Waals surface area contributed by atoms with Gasteiger partial charge in [0.1, 0.15) is 5.82 Å². The Kier molecular flexibility index (Phi) is 5.02. The smallest absolute Gasteiger partial charge is 0.203 e. The summed E-state index contributed by atoms with van der Waals surface area (Å²) in [6, 6.07) is 13.3. The minimum absolute atomic E-state index is 0.223. The van der Waals surface area contributed by atoms with E-state index in [1.54, 1.807) is 13.1 Å². The lowest BCUT2D eigenvalue weighted by atomic mass is 10.1. The van der Waals surface area contributed by atoms with Crippen molar-refractivity contribution in [2.24, 2.45) is 5.10 Å². The van der Waals surface area contributed by atoms with Crippen LogP contribution in [0.3, 0.4) is 0 Å². The molecule has 1 heterocycles. The van der Waals surface area contributed by atoms with Crippen molar-refractivity contribution in [3.05, 3.63) is 68.4 Å². The van der Waals surface area contributed by atoms with Crippen LogP contribution in [0.15, 0.2) is 52.9 Å². The Bertz CT molecular complexity index is 823. The molecule has 2 aromatic carbocycles. The predicted octanol–water partition coefficient (Wildman–Crippen LogP) is 5.31. The molecule has 0 unspecified atom stereocenters. The second-order valence-corrected chi connectivity index (χ2v) is 6.90. The summed E-state index contributed by atoms with van der Waals surface area (Å²) in [7, 11) is 0. The number of aromatic nitrogens is 1. The van der Waals surface area contributed by atoms with Gasteiger partial charge in [0, 0.05) is 14.5 Å². The monoisotopic (exact) mass is 437 g/mol. The standard InChI is InChI=1S/C17H13FIN3S/c1-11-14(18)7-12(8-15(11)19)9-20-22-17-21-16(10-23-17)13-5-3-2-4-6-13/h2-10H,1H3,(H,21,22). The normalized spacial score (nSPS) is 11.1. The largest absolute Gasteiger partial charge is 0.253 e. The van der Waals surface area contributed by atoms with Gasteiger partial charge in [0.05, 0.1) is 11.9 Å². The van der Waals surface area contributed by atoms with Crippen LogP contribution in [0.25, 0.3) is 11.3 Å². The van der Waals surface area contributed by atoms with Gasteiger partial charge in [-0.15, -0.1) is 11.3 Å². The molecule has 0 bridgehead atoms. The zero-order chi connectivity index (χ0) is 16.2. The number of hydrogen-bond acceptors (Lipinski definition) is 4. The van der Waals surface area contributed by atoms with Crippen molar-refractivity contribution in [2.45, 2.75) is 6.92 Å². The van der Waals surface area contributed by atoms with Crippen molar-refractivity contribution in [1.29, 1.82) is 0 Å². The summed E-state index contributed by atoms with van der Waals surface area (Å²) in [6.45, 7) is 1.76.